The van der Waals surface area contributed by atoms with Crippen LogP contribution in [0.25, 0.3) is 0 Å². The van der Waals surface area contributed by atoms with Crippen LogP contribution in [0.2, 0.25) is 0 Å². The maximum atomic E-state index is 12.2. The first-order chi connectivity index (χ1) is 6.07. The van der Waals surface area contributed by atoms with Crippen LogP contribution in [0, 0.1) is 0 Å². The molecule has 0 N–H and O–H groups in total. The van der Waals surface area contributed by atoms with Gasteiger partial charge in [0.05, 0.1) is 5.56 Å². The van der Waals surface area contributed by atoms with Gasteiger partial charge in [-0.1, -0.05) is 30.4 Å². The highest BCUT2D eigenvalue weighted by Gasteiger charge is 2.31. The van der Waals surface area contributed by atoms with E-state index < -0.39 is 11.7 Å². The van der Waals surface area contributed by atoms with Crippen LogP contribution in [0.4, 0.5) is 13.2 Å². The van der Waals surface area contributed by atoms with Crippen molar-refractivity contribution in [2.75, 3.05) is 0 Å². The van der Waals surface area contributed by atoms with Crippen LogP contribution >= 0.6 is 0 Å². The largest absolute Gasteiger partial charge is 0.416 e. The van der Waals surface area contributed by atoms with E-state index in [1.807, 2.05) is 12.2 Å². The van der Waals surface area contributed by atoms with Gasteiger partial charge in [-0.2, -0.15) is 13.2 Å². The third kappa shape index (κ3) is 1.74. The van der Waals surface area contributed by atoms with Crippen molar-refractivity contribution in [1.82, 2.24) is 0 Å². The third-order valence-corrected chi connectivity index (χ3v) is 1.98. The second-order valence-corrected chi connectivity index (χ2v) is 3.03. The zero-order valence-electron chi connectivity index (χ0n) is 6.68. The molecule has 1 aliphatic rings. The summed E-state index contributed by atoms with van der Waals surface area (Å²) < 4.78 is 36.7. The van der Waals surface area contributed by atoms with Crippen molar-refractivity contribution in [2.24, 2.45) is 0 Å². The quantitative estimate of drug-likeness (QED) is 0.587. The minimum Gasteiger partial charge on any atom is -0.166 e. The van der Waals surface area contributed by atoms with Crippen molar-refractivity contribution in [3.8, 4) is 0 Å². The standard InChI is InChI=1S/C10H7F3/c11-10(12,13)9-3-1-2-8(6-9)7-4-5-7/h1-7H. The number of halogens is 3. The smallest absolute Gasteiger partial charge is 0.166 e. The molecule has 0 bridgehead atoms. The first-order valence-electron chi connectivity index (χ1n) is 3.93. The van der Waals surface area contributed by atoms with Gasteiger partial charge in [-0.05, 0) is 11.6 Å². The Morgan fingerprint density at radius 2 is 1.77 bits per heavy atom. The molecule has 0 aromatic heterocycles. The van der Waals surface area contributed by atoms with Crippen LogP contribution in [0.5, 0.6) is 0 Å². The topological polar surface area (TPSA) is 0 Å². The van der Waals surface area contributed by atoms with Gasteiger partial charge in [0.1, 0.15) is 0 Å². The molecule has 0 atom stereocenters. The van der Waals surface area contributed by atoms with Gasteiger partial charge in [0.15, 0.2) is 0 Å². The molecule has 0 aliphatic heterocycles. The highest BCUT2D eigenvalue weighted by atomic mass is 19.4. The summed E-state index contributed by atoms with van der Waals surface area (Å²) >= 11 is 0. The summed E-state index contributed by atoms with van der Waals surface area (Å²) in [6.45, 7) is 0. The fourth-order valence-electron chi connectivity index (χ4n) is 1.20. The predicted molar refractivity (Wildman–Crippen MR) is 43.3 cm³/mol. The lowest BCUT2D eigenvalue weighted by atomic mass is 10.1. The monoisotopic (exact) mass is 184 g/mol. The summed E-state index contributed by atoms with van der Waals surface area (Å²) in [6, 6.07) is 5.44. The number of hydrogen-bond donors (Lipinski definition) is 0. The summed E-state index contributed by atoms with van der Waals surface area (Å²) in [4.78, 5) is 0. The maximum Gasteiger partial charge on any atom is 0.416 e. The number of benzene rings is 1. The number of rotatable bonds is 1. The molecule has 0 saturated carbocycles. The highest BCUT2D eigenvalue weighted by molar-refractivity contribution is 5.40. The highest BCUT2D eigenvalue weighted by Crippen LogP contribution is 2.34. The molecule has 0 unspecified atom stereocenters. The molecule has 0 radical (unpaired) electrons. The Kier molecular flexibility index (Phi) is 1.68. The van der Waals surface area contributed by atoms with Gasteiger partial charge >= 0.3 is 6.18 Å². The molecule has 2 rings (SSSR count). The SMILES string of the molecule is FC(F)(F)c1cccc(C2C=C2)c1. The minimum atomic E-state index is -4.23. The van der Waals surface area contributed by atoms with Gasteiger partial charge in [0.25, 0.3) is 0 Å². The van der Waals surface area contributed by atoms with Crippen LogP contribution in [0.15, 0.2) is 36.4 Å². The van der Waals surface area contributed by atoms with Crippen molar-refractivity contribution in [3.05, 3.63) is 47.5 Å². The van der Waals surface area contributed by atoms with E-state index in [1.54, 1.807) is 6.07 Å². The fourth-order valence-corrected chi connectivity index (χ4v) is 1.20. The Morgan fingerprint density at radius 1 is 1.08 bits per heavy atom. The lowest BCUT2D eigenvalue weighted by Gasteiger charge is -2.07. The third-order valence-electron chi connectivity index (χ3n) is 1.98. The average Bonchev–Trinajstić information content (AvgIpc) is 2.85. The molecule has 68 valence electrons. The van der Waals surface area contributed by atoms with E-state index in [1.165, 1.54) is 12.1 Å². The zero-order valence-corrected chi connectivity index (χ0v) is 6.68. The number of hydrogen-bond acceptors (Lipinski definition) is 0. The Hall–Kier alpha value is -1.25. The molecule has 0 nitrogen and oxygen atoms in total. The van der Waals surface area contributed by atoms with Crippen LogP contribution in [-0.4, -0.2) is 0 Å². The molecule has 0 heterocycles. The van der Waals surface area contributed by atoms with Crippen molar-refractivity contribution in [1.29, 1.82) is 0 Å². The summed E-state index contributed by atoms with van der Waals surface area (Å²) in [6.07, 6.45) is -0.490. The molecule has 1 aromatic carbocycles. The van der Waals surface area contributed by atoms with Gasteiger partial charge in [0, 0.05) is 5.92 Å². The fraction of sp³-hybridized carbons (Fsp3) is 0.200. The predicted octanol–water partition coefficient (Wildman–Crippen LogP) is 3.36. The molecule has 3 heteroatoms. The molecule has 0 amide bonds. The van der Waals surface area contributed by atoms with E-state index in [2.05, 4.69) is 0 Å². The van der Waals surface area contributed by atoms with Crippen molar-refractivity contribution in [2.45, 2.75) is 12.1 Å². The Bertz CT molecular complexity index is 343. The molecule has 0 spiro atoms. The Morgan fingerprint density at radius 3 is 2.31 bits per heavy atom. The van der Waals surface area contributed by atoms with Gasteiger partial charge in [0.2, 0.25) is 0 Å². The zero-order chi connectivity index (χ0) is 9.47. The first kappa shape index (κ1) is 8.35. The summed E-state index contributed by atoms with van der Waals surface area (Å²) in [5, 5.41) is 0. The van der Waals surface area contributed by atoms with Crippen molar-refractivity contribution < 1.29 is 13.2 Å². The minimum absolute atomic E-state index is 0.127. The van der Waals surface area contributed by atoms with E-state index in [0.717, 1.165) is 11.6 Å². The van der Waals surface area contributed by atoms with Gasteiger partial charge in [-0.15, -0.1) is 0 Å². The second-order valence-electron chi connectivity index (χ2n) is 3.03. The summed E-state index contributed by atoms with van der Waals surface area (Å²) in [5.74, 6) is 0.127. The number of alkyl halides is 3. The van der Waals surface area contributed by atoms with Crippen LogP contribution < -0.4 is 0 Å². The molecular weight excluding hydrogens is 177 g/mol. The lowest BCUT2D eigenvalue weighted by molar-refractivity contribution is -0.137. The normalized spacial score (nSPS) is 16.2. The summed E-state index contributed by atoms with van der Waals surface area (Å²) in [7, 11) is 0. The van der Waals surface area contributed by atoms with Gasteiger partial charge in [-0.25, -0.2) is 0 Å². The van der Waals surface area contributed by atoms with E-state index in [9.17, 15) is 13.2 Å². The van der Waals surface area contributed by atoms with Crippen molar-refractivity contribution >= 4 is 0 Å². The van der Waals surface area contributed by atoms with Crippen LogP contribution in [0.3, 0.4) is 0 Å². The van der Waals surface area contributed by atoms with Crippen LogP contribution in [-0.2, 0) is 6.18 Å². The summed E-state index contributed by atoms with van der Waals surface area (Å²) in [5.41, 5.74) is 0.147. The second kappa shape index (κ2) is 2.62. The number of allylic oxidation sites excluding steroid dienone is 2. The van der Waals surface area contributed by atoms with Gasteiger partial charge < -0.3 is 0 Å². The van der Waals surface area contributed by atoms with E-state index in [4.69, 9.17) is 0 Å². The molecule has 13 heavy (non-hydrogen) atoms. The van der Waals surface area contributed by atoms with Crippen molar-refractivity contribution in [3.63, 3.8) is 0 Å². The first-order valence-corrected chi connectivity index (χ1v) is 3.93. The van der Waals surface area contributed by atoms with E-state index >= 15 is 0 Å². The maximum absolute atomic E-state index is 12.2. The lowest BCUT2D eigenvalue weighted by Crippen LogP contribution is -2.04. The van der Waals surface area contributed by atoms with Gasteiger partial charge in [-0.3, -0.25) is 0 Å². The molecular formula is C10H7F3. The molecule has 0 saturated heterocycles. The molecule has 1 aromatic rings. The van der Waals surface area contributed by atoms with E-state index in [-0.39, 0.29) is 5.92 Å². The van der Waals surface area contributed by atoms with E-state index in [0.29, 0.717) is 0 Å². The Balaban J connectivity index is 2.32. The average molecular weight is 184 g/mol. The molecule has 1 aliphatic carbocycles. The molecule has 0 fully saturated rings. The van der Waals surface area contributed by atoms with Crippen LogP contribution in [0.1, 0.15) is 17.0 Å². The Labute approximate surface area is 73.7 Å².